The van der Waals surface area contributed by atoms with Crippen LogP contribution in [0.15, 0.2) is 30.3 Å². The van der Waals surface area contributed by atoms with Gasteiger partial charge in [-0.2, -0.15) is 0 Å². The first kappa shape index (κ1) is 17.9. The molecule has 128 valence electrons. The molecule has 5 heteroatoms. The SMILES string of the molecule is COCCN1CCN([C@@H](C)C(=O)NCCc2ccccc2)CC1. The third-order valence-corrected chi connectivity index (χ3v) is 4.50. The molecule has 0 unspecified atom stereocenters. The first-order chi connectivity index (χ1) is 11.2. The molecule has 1 atom stereocenters. The van der Waals surface area contributed by atoms with E-state index in [0.717, 1.165) is 45.8 Å². The molecule has 1 saturated heterocycles. The lowest BCUT2D eigenvalue weighted by Gasteiger charge is -2.37. The summed E-state index contributed by atoms with van der Waals surface area (Å²) < 4.78 is 5.12. The summed E-state index contributed by atoms with van der Waals surface area (Å²) >= 11 is 0. The Morgan fingerprint density at radius 3 is 2.57 bits per heavy atom. The first-order valence-corrected chi connectivity index (χ1v) is 8.47. The zero-order valence-corrected chi connectivity index (χ0v) is 14.3. The number of nitrogens with zero attached hydrogens (tertiary/aromatic N) is 2. The number of piperazine rings is 1. The van der Waals surface area contributed by atoms with Crippen molar-refractivity contribution in [2.24, 2.45) is 0 Å². The van der Waals surface area contributed by atoms with Crippen molar-refractivity contribution in [3.05, 3.63) is 35.9 Å². The number of ether oxygens (including phenoxy) is 1. The molecule has 1 fully saturated rings. The van der Waals surface area contributed by atoms with Crippen LogP contribution in [0.25, 0.3) is 0 Å². The van der Waals surface area contributed by atoms with Crippen molar-refractivity contribution < 1.29 is 9.53 Å². The number of hydrogen-bond acceptors (Lipinski definition) is 4. The molecular weight excluding hydrogens is 290 g/mol. The van der Waals surface area contributed by atoms with Crippen LogP contribution in [0.2, 0.25) is 0 Å². The Morgan fingerprint density at radius 2 is 1.91 bits per heavy atom. The number of hydrogen-bond donors (Lipinski definition) is 1. The van der Waals surface area contributed by atoms with E-state index in [-0.39, 0.29) is 11.9 Å². The molecule has 0 bridgehead atoms. The van der Waals surface area contributed by atoms with Gasteiger partial charge in [-0.25, -0.2) is 0 Å². The molecule has 0 spiro atoms. The number of rotatable bonds is 8. The summed E-state index contributed by atoms with van der Waals surface area (Å²) in [5.74, 6) is 0.131. The summed E-state index contributed by atoms with van der Waals surface area (Å²) in [5.41, 5.74) is 1.26. The van der Waals surface area contributed by atoms with Gasteiger partial charge in [-0.15, -0.1) is 0 Å². The Balaban J connectivity index is 1.67. The topological polar surface area (TPSA) is 44.8 Å². The second-order valence-corrected chi connectivity index (χ2v) is 6.07. The lowest BCUT2D eigenvalue weighted by Crippen LogP contribution is -2.54. The molecule has 1 aromatic carbocycles. The van der Waals surface area contributed by atoms with Crippen molar-refractivity contribution >= 4 is 5.91 Å². The number of benzene rings is 1. The van der Waals surface area contributed by atoms with Crippen LogP contribution in [0.3, 0.4) is 0 Å². The number of nitrogens with one attached hydrogen (secondary N) is 1. The van der Waals surface area contributed by atoms with E-state index in [1.54, 1.807) is 7.11 Å². The maximum absolute atomic E-state index is 12.3. The molecule has 5 nitrogen and oxygen atoms in total. The molecule has 23 heavy (non-hydrogen) atoms. The molecule has 1 aliphatic heterocycles. The van der Waals surface area contributed by atoms with Gasteiger partial charge in [-0.05, 0) is 18.9 Å². The summed E-state index contributed by atoms with van der Waals surface area (Å²) in [7, 11) is 1.73. The molecule has 0 aliphatic carbocycles. The van der Waals surface area contributed by atoms with Gasteiger partial charge in [0.15, 0.2) is 0 Å². The highest BCUT2D eigenvalue weighted by Crippen LogP contribution is 2.06. The Hall–Kier alpha value is -1.43. The molecule has 1 aromatic rings. The van der Waals surface area contributed by atoms with Crippen molar-refractivity contribution in [1.82, 2.24) is 15.1 Å². The predicted octanol–water partition coefficient (Wildman–Crippen LogP) is 0.998. The molecule has 0 saturated carbocycles. The van der Waals surface area contributed by atoms with E-state index >= 15 is 0 Å². The van der Waals surface area contributed by atoms with Crippen molar-refractivity contribution in [2.45, 2.75) is 19.4 Å². The van der Waals surface area contributed by atoms with Crippen molar-refractivity contribution in [2.75, 3.05) is 53.0 Å². The largest absolute Gasteiger partial charge is 0.383 e. The maximum atomic E-state index is 12.3. The van der Waals surface area contributed by atoms with Crippen molar-refractivity contribution in [3.8, 4) is 0 Å². The van der Waals surface area contributed by atoms with Gasteiger partial charge in [0.05, 0.1) is 12.6 Å². The van der Waals surface area contributed by atoms with Gasteiger partial charge in [0.25, 0.3) is 0 Å². The molecule has 2 rings (SSSR count). The Kier molecular flexibility index (Phi) is 7.52. The average Bonchev–Trinajstić information content (AvgIpc) is 2.60. The second-order valence-electron chi connectivity index (χ2n) is 6.07. The maximum Gasteiger partial charge on any atom is 0.237 e. The molecule has 1 N–H and O–H groups in total. The average molecular weight is 319 g/mol. The molecule has 1 heterocycles. The van der Waals surface area contributed by atoms with Crippen molar-refractivity contribution in [1.29, 1.82) is 0 Å². The third-order valence-electron chi connectivity index (χ3n) is 4.50. The highest BCUT2D eigenvalue weighted by Gasteiger charge is 2.24. The van der Waals surface area contributed by atoms with Gasteiger partial charge < -0.3 is 10.1 Å². The number of amides is 1. The Bertz CT molecular complexity index is 459. The molecular formula is C18H29N3O2. The van der Waals surface area contributed by atoms with Gasteiger partial charge in [0, 0.05) is 46.4 Å². The quantitative estimate of drug-likeness (QED) is 0.776. The zero-order chi connectivity index (χ0) is 16.5. The number of carbonyl (C=O) groups excluding carboxylic acids is 1. The molecule has 0 aromatic heterocycles. The summed E-state index contributed by atoms with van der Waals surface area (Å²) in [4.78, 5) is 17.0. The van der Waals surface area contributed by atoms with E-state index in [1.165, 1.54) is 5.56 Å². The van der Waals surface area contributed by atoms with E-state index in [2.05, 4.69) is 27.2 Å². The van der Waals surface area contributed by atoms with Crippen LogP contribution in [0, 0.1) is 0 Å². The summed E-state index contributed by atoms with van der Waals surface area (Å²) in [6.07, 6.45) is 0.879. The second kappa shape index (κ2) is 9.65. The van der Waals surface area contributed by atoms with Crippen LogP contribution in [0.1, 0.15) is 12.5 Å². The minimum atomic E-state index is -0.0599. The van der Waals surface area contributed by atoms with Crippen LogP contribution < -0.4 is 5.32 Å². The fraction of sp³-hybridized carbons (Fsp3) is 0.611. The van der Waals surface area contributed by atoms with E-state index in [1.807, 2.05) is 25.1 Å². The van der Waals surface area contributed by atoms with Crippen LogP contribution in [0.4, 0.5) is 0 Å². The molecule has 1 amide bonds. The smallest absolute Gasteiger partial charge is 0.237 e. The lowest BCUT2D eigenvalue weighted by atomic mass is 10.1. The predicted molar refractivity (Wildman–Crippen MR) is 92.5 cm³/mol. The molecule has 0 radical (unpaired) electrons. The summed E-state index contributed by atoms with van der Waals surface area (Å²) in [6, 6.07) is 10.2. The monoisotopic (exact) mass is 319 g/mol. The fourth-order valence-corrected chi connectivity index (χ4v) is 2.88. The highest BCUT2D eigenvalue weighted by molar-refractivity contribution is 5.81. The number of methoxy groups -OCH3 is 1. The van der Waals surface area contributed by atoms with Gasteiger partial charge in [-0.3, -0.25) is 14.6 Å². The highest BCUT2D eigenvalue weighted by atomic mass is 16.5. The van der Waals surface area contributed by atoms with E-state index in [9.17, 15) is 4.79 Å². The van der Waals surface area contributed by atoms with Crippen molar-refractivity contribution in [3.63, 3.8) is 0 Å². The van der Waals surface area contributed by atoms with Crippen LogP contribution in [-0.4, -0.2) is 74.7 Å². The van der Waals surface area contributed by atoms with Gasteiger partial charge >= 0.3 is 0 Å². The minimum absolute atomic E-state index is 0.0599. The first-order valence-electron chi connectivity index (χ1n) is 8.47. The van der Waals surface area contributed by atoms with Crippen LogP contribution in [-0.2, 0) is 16.0 Å². The Morgan fingerprint density at radius 1 is 1.22 bits per heavy atom. The normalized spacial score (nSPS) is 17.8. The van der Waals surface area contributed by atoms with Gasteiger partial charge in [-0.1, -0.05) is 30.3 Å². The Labute approximate surface area is 139 Å². The van der Waals surface area contributed by atoms with E-state index in [0.29, 0.717) is 6.54 Å². The lowest BCUT2D eigenvalue weighted by molar-refractivity contribution is -0.126. The summed E-state index contributed by atoms with van der Waals surface area (Å²) in [6.45, 7) is 8.34. The fourth-order valence-electron chi connectivity index (χ4n) is 2.88. The van der Waals surface area contributed by atoms with Gasteiger partial charge in [0.2, 0.25) is 5.91 Å². The van der Waals surface area contributed by atoms with E-state index in [4.69, 9.17) is 4.74 Å². The standard InChI is InChI=1S/C18H29N3O2/c1-16(21-12-10-20(11-13-21)14-15-23-2)18(22)19-9-8-17-6-4-3-5-7-17/h3-7,16H,8-15H2,1-2H3,(H,19,22)/t16-/m0/s1. The third kappa shape index (κ3) is 5.94. The van der Waals surface area contributed by atoms with E-state index < -0.39 is 0 Å². The minimum Gasteiger partial charge on any atom is -0.383 e. The van der Waals surface area contributed by atoms with Crippen LogP contribution >= 0.6 is 0 Å². The van der Waals surface area contributed by atoms with Gasteiger partial charge in [0.1, 0.15) is 0 Å². The molecule has 1 aliphatic rings. The summed E-state index contributed by atoms with van der Waals surface area (Å²) in [5, 5.41) is 3.06. The zero-order valence-electron chi connectivity index (χ0n) is 14.3. The van der Waals surface area contributed by atoms with Crippen LogP contribution in [0.5, 0.6) is 0 Å². The number of carbonyl (C=O) groups is 1.